The molecule has 0 radical (unpaired) electrons. The van der Waals surface area contributed by atoms with Crippen molar-refractivity contribution in [2.75, 3.05) is 12.3 Å². The van der Waals surface area contributed by atoms with Crippen LogP contribution in [-0.4, -0.2) is 6.61 Å². The third-order valence-electron chi connectivity index (χ3n) is 2.70. The lowest BCUT2D eigenvalue weighted by atomic mass is 10.2. The van der Waals surface area contributed by atoms with Crippen LogP contribution in [-0.2, 0) is 0 Å². The van der Waals surface area contributed by atoms with E-state index in [1.165, 1.54) is 12.1 Å². The molecule has 0 bridgehead atoms. The van der Waals surface area contributed by atoms with E-state index < -0.39 is 0 Å². The second kappa shape index (κ2) is 5.61. The van der Waals surface area contributed by atoms with Gasteiger partial charge in [-0.3, -0.25) is 0 Å². The first-order valence-corrected chi connectivity index (χ1v) is 6.07. The van der Waals surface area contributed by atoms with Gasteiger partial charge in [-0.1, -0.05) is 12.1 Å². The zero-order chi connectivity index (χ0) is 13.8. The van der Waals surface area contributed by atoms with Gasteiger partial charge in [-0.05, 0) is 37.6 Å². The second-order valence-corrected chi connectivity index (χ2v) is 4.11. The van der Waals surface area contributed by atoms with Crippen LogP contribution >= 0.6 is 0 Å². The van der Waals surface area contributed by atoms with Gasteiger partial charge in [0.1, 0.15) is 23.0 Å². The summed E-state index contributed by atoms with van der Waals surface area (Å²) in [5.74, 6) is 1.12. The van der Waals surface area contributed by atoms with Crippen LogP contribution in [0.5, 0.6) is 17.2 Å². The Labute approximate surface area is 111 Å². The molecule has 2 aromatic rings. The lowest BCUT2D eigenvalue weighted by molar-refractivity contribution is 0.340. The standard InChI is InChI=1S/C15H16FNO2/c1-3-18-12-5-4-6-13(15(12)17)19-14-9-11(16)8-7-10(14)2/h4-9H,3,17H2,1-2H3. The topological polar surface area (TPSA) is 44.5 Å². The summed E-state index contributed by atoms with van der Waals surface area (Å²) in [6.07, 6.45) is 0. The molecule has 3 nitrogen and oxygen atoms in total. The Kier molecular flexibility index (Phi) is 3.90. The summed E-state index contributed by atoms with van der Waals surface area (Å²) in [5, 5.41) is 0. The maximum absolute atomic E-state index is 13.2. The van der Waals surface area contributed by atoms with E-state index in [4.69, 9.17) is 15.2 Å². The zero-order valence-electron chi connectivity index (χ0n) is 10.9. The van der Waals surface area contributed by atoms with Gasteiger partial charge in [-0.2, -0.15) is 0 Å². The number of ether oxygens (including phenoxy) is 2. The highest BCUT2D eigenvalue weighted by Crippen LogP contribution is 2.35. The van der Waals surface area contributed by atoms with E-state index in [1.807, 2.05) is 13.8 Å². The molecule has 0 atom stereocenters. The van der Waals surface area contributed by atoms with Gasteiger partial charge in [0.05, 0.1) is 6.61 Å². The molecule has 0 unspecified atom stereocenters. The molecule has 19 heavy (non-hydrogen) atoms. The molecular formula is C15H16FNO2. The number of hydrogen-bond acceptors (Lipinski definition) is 3. The molecular weight excluding hydrogens is 245 g/mol. The predicted molar refractivity (Wildman–Crippen MR) is 73.2 cm³/mol. The van der Waals surface area contributed by atoms with E-state index in [-0.39, 0.29) is 5.82 Å². The number of para-hydroxylation sites is 1. The van der Waals surface area contributed by atoms with Crippen LogP contribution in [0.3, 0.4) is 0 Å². The molecule has 0 aliphatic heterocycles. The van der Waals surface area contributed by atoms with Crippen LogP contribution in [0.1, 0.15) is 12.5 Å². The summed E-state index contributed by atoms with van der Waals surface area (Å²) in [6, 6.07) is 9.66. The first-order chi connectivity index (χ1) is 9.11. The van der Waals surface area contributed by atoms with E-state index in [0.29, 0.717) is 29.5 Å². The van der Waals surface area contributed by atoms with Gasteiger partial charge < -0.3 is 15.2 Å². The molecule has 0 spiro atoms. The third kappa shape index (κ3) is 2.96. The van der Waals surface area contributed by atoms with Crippen molar-refractivity contribution in [2.45, 2.75) is 13.8 Å². The quantitative estimate of drug-likeness (QED) is 0.849. The molecule has 2 aromatic carbocycles. The highest BCUT2D eigenvalue weighted by atomic mass is 19.1. The van der Waals surface area contributed by atoms with Crippen molar-refractivity contribution in [1.29, 1.82) is 0 Å². The van der Waals surface area contributed by atoms with Crippen LogP contribution in [0.15, 0.2) is 36.4 Å². The van der Waals surface area contributed by atoms with Crippen molar-refractivity contribution in [1.82, 2.24) is 0 Å². The average molecular weight is 261 g/mol. The van der Waals surface area contributed by atoms with Crippen LogP contribution in [0.2, 0.25) is 0 Å². The Hall–Kier alpha value is -2.23. The Morgan fingerprint density at radius 3 is 2.58 bits per heavy atom. The monoisotopic (exact) mass is 261 g/mol. The Balaban J connectivity index is 2.33. The molecule has 0 amide bonds. The SMILES string of the molecule is CCOc1cccc(Oc2cc(F)ccc2C)c1N. The van der Waals surface area contributed by atoms with Crippen LogP contribution in [0.4, 0.5) is 10.1 Å². The molecule has 100 valence electrons. The molecule has 2 N–H and O–H groups in total. The summed E-state index contributed by atoms with van der Waals surface area (Å²) in [5.41, 5.74) is 7.21. The van der Waals surface area contributed by atoms with Crippen LogP contribution < -0.4 is 15.2 Å². The average Bonchev–Trinajstić information content (AvgIpc) is 2.39. The van der Waals surface area contributed by atoms with Crippen molar-refractivity contribution >= 4 is 5.69 Å². The molecule has 0 saturated carbocycles. The minimum absolute atomic E-state index is 0.347. The third-order valence-corrected chi connectivity index (χ3v) is 2.70. The Morgan fingerprint density at radius 1 is 1.11 bits per heavy atom. The minimum atomic E-state index is -0.347. The smallest absolute Gasteiger partial charge is 0.154 e. The Morgan fingerprint density at radius 2 is 1.84 bits per heavy atom. The number of nitrogen functional groups attached to an aromatic ring is 1. The number of benzene rings is 2. The molecule has 0 aliphatic rings. The number of rotatable bonds is 4. The normalized spacial score (nSPS) is 10.3. The lowest BCUT2D eigenvalue weighted by Gasteiger charge is -2.13. The van der Waals surface area contributed by atoms with Crippen molar-refractivity contribution in [3.8, 4) is 17.2 Å². The van der Waals surface area contributed by atoms with E-state index in [9.17, 15) is 4.39 Å². The number of hydrogen-bond donors (Lipinski definition) is 1. The fraction of sp³-hybridized carbons (Fsp3) is 0.200. The molecule has 0 fully saturated rings. The number of halogens is 1. The van der Waals surface area contributed by atoms with Crippen molar-refractivity contribution < 1.29 is 13.9 Å². The summed E-state index contributed by atoms with van der Waals surface area (Å²) in [7, 11) is 0. The highest BCUT2D eigenvalue weighted by molar-refractivity contribution is 5.63. The van der Waals surface area contributed by atoms with E-state index in [0.717, 1.165) is 5.56 Å². The van der Waals surface area contributed by atoms with Crippen molar-refractivity contribution in [3.63, 3.8) is 0 Å². The van der Waals surface area contributed by atoms with Crippen LogP contribution in [0, 0.1) is 12.7 Å². The molecule has 0 heterocycles. The second-order valence-electron chi connectivity index (χ2n) is 4.11. The van der Waals surface area contributed by atoms with Gasteiger partial charge in [-0.25, -0.2) is 4.39 Å². The molecule has 0 saturated heterocycles. The van der Waals surface area contributed by atoms with E-state index in [1.54, 1.807) is 24.3 Å². The maximum atomic E-state index is 13.2. The molecule has 0 aliphatic carbocycles. The van der Waals surface area contributed by atoms with Gasteiger partial charge in [0.25, 0.3) is 0 Å². The number of anilines is 1. The van der Waals surface area contributed by atoms with Gasteiger partial charge in [-0.15, -0.1) is 0 Å². The fourth-order valence-electron chi connectivity index (χ4n) is 1.70. The molecule has 0 aromatic heterocycles. The molecule has 2 rings (SSSR count). The maximum Gasteiger partial charge on any atom is 0.154 e. The largest absolute Gasteiger partial charge is 0.492 e. The fourth-order valence-corrected chi connectivity index (χ4v) is 1.70. The van der Waals surface area contributed by atoms with Crippen molar-refractivity contribution in [2.24, 2.45) is 0 Å². The lowest BCUT2D eigenvalue weighted by Crippen LogP contribution is -1.99. The first kappa shape index (κ1) is 13.2. The van der Waals surface area contributed by atoms with E-state index in [2.05, 4.69) is 0 Å². The van der Waals surface area contributed by atoms with Gasteiger partial charge in [0.15, 0.2) is 5.75 Å². The molecule has 4 heteroatoms. The summed E-state index contributed by atoms with van der Waals surface area (Å²) < 4.78 is 24.3. The van der Waals surface area contributed by atoms with E-state index >= 15 is 0 Å². The first-order valence-electron chi connectivity index (χ1n) is 6.07. The predicted octanol–water partition coefficient (Wildman–Crippen LogP) is 3.91. The number of aryl methyl sites for hydroxylation is 1. The van der Waals surface area contributed by atoms with Gasteiger partial charge >= 0.3 is 0 Å². The summed E-state index contributed by atoms with van der Waals surface area (Å²) in [6.45, 7) is 4.24. The zero-order valence-corrected chi connectivity index (χ0v) is 10.9. The summed E-state index contributed by atoms with van der Waals surface area (Å²) in [4.78, 5) is 0. The van der Waals surface area contributed by atoms with Gasteiger partial charge in [0.2, 0.25) is 0 Å². The van der Waals surface area contributed by atoms with Gasteiger partial charge in [0, 0.05) is 6.07 Å². The Bertz CT molecular complexity index is 584. The van der Waals surface area contributed by atoms with Crippen molar-refractivity contribution in [3.05, 3.63) is 47.8 Å². The summed E-state index contributed by atoms with van der Waals surface area (Å²) >= 11 is 0. The minimum Gasteiger partial charge on any atom is -0.492 e. The number of nitrogens with two attached hydrogens (primary N) is 1. The van der Waals surface area contributed by atoms with Crippen LogP contribution in [0.25, 0.3) is 0 Å². The highest BCUT2D eigenvalue weighted by Gasteiger charge is 2.09.